The lowest BCUT2D eigenvalue weighted by Gasteiger charge is -2.10. The number of imidazole rings is 1. The number of nitrogens with one attached hydrogen (secondary N) is 2. The van der Waals surface area contributed by atoms with Gasteiger partial charge in [-0.3, -0.25) is 9.59 Å². The maximum atomic E-state index is 12.3. The third-order valence-electron chi connectivity index (χ3n) is 3.19. The Balaban J connectivity index is 1.69. The van der Waals surface area contributed by atoms with Crippen LogP contribution in [0.15, 0.2) is 40.9 Å². The van der Waals surface area contributed by atoms with Crippen LogP contribution >= 0.6 is 23.1 Å². The molecular weight excluding hydrogens is 332 g/mol. The monoisotopic (exact) mass is 346 g/mol. The number of hydrogen-bond donors (Lipinski definition) is 3. The van der Waals surface area contributed by atoms with Crippen LogP contribution in [-0.4, -0.2) is 27.0 Å². The molecule has 1 unspecified atom stereocenters. The van der Waals surface area contributed by atoms with Crippen LogP contribution in [0, 0.1) is 0 Å². The molecule has 6 nitrogen and oxygen atoms in total. The molecule has 0 aliphatic carbocycles. The van der Waals surface area contributed by atoms with Gasteiger partial charge in [0.15, 0.2) is 5.16 Å². The number of anilines is 1. The van der Waals surface area contributed by atoms with Crippen molar-refractivity contribution in [3.8, 4) is 0 Å². The average Bonchev–Trinajstić information content (AvgIpc) is 3.12. The molecule has 3 rings (SSSR count). The van der Waals surface area contributed by atoms with E-state index >= 15 is 0 Å². The molecule has 3 aromatic rings. The number of aromatic nitrogens is 2. The summed E-state index contributed by atoms with van der Waals surface area (Å²) in [6.45, 7) is 1.78. The van der Waals surface area contributed by atoms with Crippen LogP contribution in [-0.2, 0) is 4.79 Å². The standard InChI is InChI=1S/C15H14N4O2S2/c1-8(13(21)19-14-9(12(16)20)6-7-22-14)23-15-17-10-4-2-3-5-11(10)18-15/h2-8H,1H3,(H2,16,20)(H,17,18)(H,19,21). The fourth-order valence-corrected chi connectivity index (χ4v) is 3.64. The molecular formula is C15H14N4O2S2. The maximum absolute atomic E-state index is 12.3. The number of para-hydroxylation sites is 2. The Hall–Kier alpha value is -2.32. The molecule has 4 N–H and O–H groups in total. The third kappa shape index (κ3) is 3.38. The van der Waals surface area contributed by atoms with Gasteiger partial charge in [-0.1, -0.05) is 23.9 Å². The minimum Gasteiger partial charge on any atom is -0.366 e. The van der Waals surface area contributed by atoms with Crippen LogP contribution in [0.4, 0.5) is 5.00 Å². The fraction of sp³-hybridized carbons (Fsp3) is 0.133. The van der Waals surface area contributed by atoms with E-state index in [2.05, 4.69) is 15.3 Å². The second kappa shape index (κ2) is 6.43. The molecule has 0 bridgehead atoms. The minimum absolute atomic E-state index is 0.208. The first-order chi connectivity index (χ1) is 11.0. The van der Waals surface area contributed by atoms with E-state index < -0.39 is 5.91 Å². The number of fused-ring (bicyclic) bond motifs is 1. The van der Waals surface area contributed by atoms with Crippen molar-refractivity contribution in [1.29, 1.82) is 0 Å². The van der Waals surface area contributed by atoms with E-state index in [0.717, 1.165) is 11.0 Å². The Morgan fingerprint density at radius 3 is 2.87 bits per heavy atom. The van der Waals surface area contributed by atoms with Crippen molar-refractivity contribution in [3.05, 3.63) is 41.3 Å². The third-order valence-corrected chi connectivity index (χ3v) is 5.01. The van der Waals surface area contributed by atoms with Gasteiger partial charge in [-0.25, -0.2) is 4.98 Å². The summed E-state index contributed by atoms with van der Waals surface area (Å²) in [5.41, 5.74) is 7.38. The summed E-state index contributed by atoms with van der Waals surface area (Å²) in [6, 6.07) is 9.27. The zero-order chi connectivity index (χ0) is 16.4. The average molecular weight is 346 g/mol. The maximum Gasteiger partial charge on any atom is 0.251 e. The predicted octanol–water partition coefficient (Wildman–Crippen LogP) is 2.84. The molecule has 0 radical (unpaired) electrons. The van der Waals surface area contributed by atoms with Crippen molar-refractivity contribution in [2.24, 2.45) is 5.73 Å². The van der Waals surface area contributed by atoms with Crippen LogP contribution in [0.3, 0.4) is 0 Å². The number of hydrogen-bond acceptors (Lipinski definition) is 5. The number of carbonyl (C=O) groups excluding carboxylic acids is 2. The predicted molar refractivity (Wildman–Crippen MR) is 92.9 cm³/mol. The number of aromatic amines is 1. The molecule has 1 aromatic carbocycles. The van der Waals surface area contributed by atoms with Crippen molar-refractivity contribution in [2.75, 3.05) is 5.32 Å². The highest BCUT2D eigenvalue weighted by Gasteiger charge is 2.19. The molecule has 0 aliphatic heterocycles. The van der Waals surface area contributed by atoms with E-state index in [1.807, 2.05) is 24.3 Å². The minimum atomic E-state index is -0.556. The Morgan fingerprint density at radius 2 is 2.13 bits per heavy atom. The largest absolute Gasteiger partial charge is 0.366 e. The summed E-state index contributed by atoms with van der Waals surface area (Å²) in [6.07, 6.45) is 0. The van der Waals surface area contributed by atoms with Crippen molar-refractivity contribution in [2.45, 2.75) is 17.3 Å². The van der Waals surface area contributed by atoms with Gasteiger partial charge in [0.25, 0.3) is 5.91 Å². The number of nitrogens with zero attached hydrogens (tertiary/aromatic N) is 1. The first-order valence-electron chi connectivity index (χ1n) is 6.84. The number of nitrogens with two attached hydrogens (primary N) is 1. The van der Waals surface area contributed by atoms with E-state index in [0.29, 0.717) is 15.7 Å². The molecule has 1 atom stereocenters. The van der Waals surface area contributed by atoms with Gasteiger partial charge in [0.05, 0.1) is 21.8 Å². The van der Waals surface area contributed by atoms with Gasteiger partial charge in [0, 0.05) is 0 Å². The number of benzene rings is 1. The highest BCUT2D eigenvalue weighted by Crippen LogP contribution is 2.27. The van der Waals surface area contributed by atoms with E-state index in [9.17, 15) is 9.59 Å². The number of H-pyrrole nitrogens is 1. The van der Waals surface area contributed by atoms with Gasteiger partial charge in [-0.05, 0) is 30.5 Å². The van der Waals surface area contributed by atoms with E-state index in [1.165, 1.54) is 23.1 Å². The van der Waals surface area contributed by atoms with Crippen LogP contribution in [0.25, 0.3) is 11.0 Å². The number of amides is 2. The number of carbonyl (C=O) groups is 2. The molecule has 0 fully saturated rings. The first kappa shape index (κ1) is 15.6. The summed E-state index contributed by atoms with van der Waals surface area (Å²) in [7, 11) is 0. The molecule has 0 spiro atoms. The SMILES string of the molecule is CC(Sc1nc2ccccc2[nH]1)C(=O)Nc1sccc1C(N)=O. The normalized spacial score (nSPS) is 12.2. The highest BCUT2D eigenvalue weighted by atomic mass is 32.2. The van der Waals surface area contributed by atoms with Crippen molar-refractivity contribution >= 4 is 50.9 Å². The Morgan fingerprint density at radius 1 is 1.35 bits per heavy atom. The number of thiophene rings is 1. The Labute approximate surface area is 140 Å². The second-order valence-electron chi connectivity index (χ2n) is 4.84. The zero-order valence-corrected chi connectivity index (χ0v) is 13.8. The van der Waals surface area contributed by atoms with Crippen LogP contribution < -0.4 is 11.1 Å². The number of thioether (sulfide) groups is 1. The smallest absolute Gasteiger partial charge is 0.251 e. The summed E-state index contributed by atoms with van der Waals surface area (Å²) in [5, 5.41) is 5.23. The molecule has 2 amide bonds. The lowest BCUT2D eigenvalue weighted by Crippen LogP contribution is -2.23. The van der Waals surface area contributed by atoms with Crippen molar-refractivity contribution in [1.82, 2.24) is 9.97 Å². The van der Waals surface area contributed by atoms with E-state index in [-0.39, 0.29) is 11.2 Å². The van der Waals surface area contributed by atoms with Gasteiger partial charge in [0.1, 0.15) is 5.00 Å². The van der Waals surface area contributed by atoms with Crippen LogP contribution in [0.2, 0.25) is 0 Å². The Kier molecular flexibility index (Phi) is 4.35. The molecule has 118 valence electrons. The molecule has 0 saturated heterocycles. The molecule has 2 heterocycles. The Bertz CT molecular complexity index is 838. The van der Waals surface area contributed by atoms with Gasteiger partial charge in [-0.15, -0.1) is 11.3 Å². The van der Waals surface area contributed by atoms with Crippen molar-refractivity contribution in [3.63, 3.8) is 0 Å². The van der Waals surface area contributed by atoms with Gasteiger partial charge >= 0.3 is 0 Å². The highest BCUT2D eigenvalue weighted by molar-refractivity contribution is 8.00. The van der Waals surface area contributed by atoms with Crippen LogP contribution in [0.1, 0.15) is 17.3 Å². The summed E-state index contributed by atoms with van der Waals surface area (Å²) in [5.74, 6) is -0.764. The van der Waals surface area contributed by atoms with Gasteiger partial charge < -0.3 is 16.0 Å². The van der Waals surface area contributed by atoms with E-state index in [4.69, 9.17) is 5.73 Å². The summed E-state index contributed by atoms with van der Waals surface area (Å²) < 4.78 is 0. The summed E-state index contributed by atoms with van der Waals surface area (Å²) in [4.78, 5) is 31.2. The second-order valence-corrected chi connectivity index (χ2v) is 7.08. The fourth-order valence-electron chi connectivity index (χ4n) is 2.02. The first-order valence-corrected chi connectivity index (χ1v) is 8.60. The molecule has 8 heteroatoms. The lowest BCUT2D eigenvalue weighted by molar-refractivity contribution is -0.115. The molecule has 23 heavy (non-hydrogen) atoms. The zero-order valence-electron chi connectivity index (χ0n) is 12.2. The summed E-state index contributed by atoms with van der Waals surface area (Å²) >= 11 is 2.59. The van der Waals surface area contributed by atoms with Crippen molar-refractivity contribution < 1.29 is 9.59 Å². The van der Waals surface area contributed by atoms with E-state index in [1.54, 1.807) is 18.4 Å². The molecule has 0 saturated carbocycles. The number of primary amides is 1. The van der Waals surface area contributed by atoms with Gasteiger partial charge in [-0.2, -0.15) is 0 Å². The van der Waals surface area contributed by atoms with Crippen LogP contribution in [0.5, 0.6) is 0 Å². The quantitative estimate of drug-likeness (QED) is 0.618. The molecule has 2 aromatic heterocycles. The number of rotatable bonds is 5. The van der Waals surface area contributed by atoms with Gasteiger partial charge in [0.2, 0.25) is 5.91 Å². The lowest BCUT2D eigenvalue weighted by atomic mass is 10.3. The topological polar surface area (TPSA) is 101 Å². The molecule has 0 aliphatic rings.